The van der Waals surface area contributed by atoms with Crippen LogP contribution in [0.25, 0.3) is 0 Å². The lowest BCUT2D eigenvalue weighted by molar-refractivity contribution is 0.00587. The molecule has 0 aromatic carbocycles. The number of rotatable bonds is 9. The fourth-order valence-corrected chi connectivity index (χ4v) is 3.26. The first-order chi connectivity index (χ1) is 9.18. The van der Waals surface area contributed by atoms with E-state index in [1.807, 2.05) is 0 Å². The third-order valence-corrected chi connectivity index (χ3v) is 4.47. The lowest BCUT2D eigenvalue weighted by atomic mass is 9.76. The van der Waals surface area contributed by atoms with Gasteiger partial charge < -0.3 is 14.8 Å². The Labute approximate surface area is 118 Å². The summed E-state index contributed by atoms with van der Waals surface area (Å²) in [6, 6.07) is 0. The van der Waals surface area contributed by atoms with Gasteiger partial charge in [0, 0.05) is 31.8 Å². The molecule has 2 fully saturated rings. The van der Waals surface area contributed by atoms with Crippen molar-refractivity contribution in [3.63, 3.8) is 0 Å². The van der Waals surface area contributed by atoms with Crippen LogP contribution in [0, 0.1) is 17.3 Å². The molecule has 2 unspecified atom stereocenters. The molecule has 1 saturated carbocycles. The molecule has 1 saturated heterocycles. The van der Waals surface area contributed by atoms with Crippen LogP contribution in [0.3, 0.4) is 0 Å². The van der Waals surface area contributed by atoms with Crippen molar-refractivity contribution in [2.75, 3.05) is 32.9 Å². The highest BCUT2D eigenvalue weighted by molar-refractivity contribution is 5.00. The molecule has 19 heavy (non-hydrogen) atoms. The first kappa shape index (κ1) is 15.3. The largest absolute Gasteiger partial charge is 0.381 e. The molecule has 1 aliphatic heterocycles. The Morgan fingerprint density at radius 3 is 2.79 bits per heavy atom. The van der Waals surface area contributed by atoms with Crippen LogP contribution in [0.2, 0.25) is 0 Å². The molecule has 3 heteroatoms. The third kappa shape index (κ3) is 4.17. The molecule has 2 aliphatic rings. The van der Waals surface area contributed by atoms with E-state index in [1.165, 1.54) is 19.3 Å². The van der Waals surface area contributed by atoms with Crippen molar-refractivity contribution in [1.82, 2.24) is 5.32 Å². The van der Waals surface area contributed by atoms with Crippen LogP contribution in [-0.4, -0.2) is 39.0 Å². The van der Waals surface area contributed by atoms with E-state index >= 15 is 0 Å². The minimum Gasteiger partial charge on any atom is -0.381 e. The third-order valence-electron chi connectivity index (χ3n) is 4.47. The molecule has 0 aromatic rings. The molecule has 0 aromatic heterocycles. The molecule has 0 spiro atoms. The smallest absolute Gasteiger partial charge is 0.0673 e. The first-order valence-corrected chi connectivity index (χ1v) is 8.08. The summed E-state index contributed by atoms with van der Waals surface area (Å²) < 4.78 is 11.9. The fraction of sp³-hybridized carbons (Fsp3) is 1.00. The van der Waals surface area contributed by atoms with Crippen molar-refractivity contribution in [3.8, 4) is 0 Å². The van der Waals surface area contributed by atoms with Crippen molar-refractivity contribution in [2.24, 2.45) is 17.3 Å². The average Bonchev–Trinajstić information content (AvgIpc) is 3.14. The zero-order valence-corrected chi connectivity index (χ0v) is 12.9. The summed E-state index contributed by atoms with van der Waals surface area (Å²) in [6.07, 6.45) is 5.56. The van der Waals surface area contributed by atoms with Gasteiger partial charge in [-0.2, -0.15) is 0 Å². The van der Waals surface area contributed by atoms with Gasteiger partial charge in [-0.25, -0.2) is 0 Å². The second-order valence-electron chi connectivity index (χ2n) is 6.74. The highest BCUT2D eigenvalue weighted by atomic mass is 16.5. The van der Waals surface area contributed by atoms with Crippen LogP contribution in [-0.2, 0) is 9.47 Å². The van der Waals surface area contributed by atoms with Crippen LogP contribution in [0.1, 0.15) is 46.5 Å². The van der Waals surface area contributed by atoms with E-state index in [0.717, 1.165) is 45.2 Å². The maximum atomic E-state index is 6.07. The van der Waals surface area contributed by atoms with Gasteiger partial charge in [0.15, 0.2) is 0 Å². The molecule has 2 atom stereocenters. The van der Waals surface area contributed by atoms with Crippen LogP contribution in [0.15, 0.2) is 0 Å². The zero-order valence-electron chi connectivity index (χ0n) is 12.9. The van der Waals surface area contributed by atoms with Crippen LogP contribution < -0.4 is 5.32 Å². The van der Waals surface area contributed by atoms with Crippen molar-refractivity contribution in [2.45, 2.75) is 52.6 Å². The molecule has 0 bridgehead atoms. The van der Waals surface area contributed by atoms with E-state index in [4.69, 9.17) is 9.47 Å². The van der Waals surface area contributed by atoms with Crippen molar-refractivity contribution in [3.05, 3.63) is 0 Å². The Balaban J connectivity index is 1.86. The second kappa shape index (κ2) is 7.05. The van der Waals surface area contributed by atoms with E-state index in [9.17, 15) is 0 Å². The molecule has 0 radical (unpaired) electrons. The Kier molecular flexibility index (Phi) is 5.67. The number of ether oxygens (including phenoxy) is 2. The van der Waals surface area contributed by atoms with Crippen LogP contribution in [0.5, 0.6) is 0 Å². The Bertz CT molecular complexity index is 265. The number of hydrogen-bond acceptors (Lipinski definition) is 3. The molecule has 0 amide bonds. The summed E-state index contributed by atoms with van der Waals surface area (Å²) >= 11 is 0. The summed E-state index contributed by atoms with van der Waals surface area (Å²) in [4.78, 5) is 0. The van der Waals surface area contributed by atoms with Gasteiger partial charge in [-0.3, -0.25) is 0 Å². The average molecular weight is 269 g/mol. The van der Waals surface area contributed by atoms with E-state index in [1.54, 1.807) is 0 Å². The summed E-state index contributed by atoms with van der Waals surface area (Å²) in [7, 11) is 0. The van der Waals surface area contributed by atoms with E-state index < -0.39 is 0 Å². The molecule has 112 valence electrons. The van der Waals surface area contributed by atoms with Gasteiger partial charge in [-0.1, -0.05) is 20.8 Å². The predicted octanol–water partition coefficient (Wildman–Crippen LogP) is 2.84. The minimum absolute atomic E-state index is 0.328. The lowest BCUT2D eigenvalue weighted by Crippen LogP contribution is -2.42. The van der Waals surface area contributed by atoms with Crippen LogP contribution in [0.4, 0.5) is 0 Å². The van der Waals surface area contributed by atoms with Crippen LogP contribution >= 0.6 is 0 Å². The normalized spacial score (nSPS) is 31.3. The number of hydrogen-bond donors (Lipinski definition) is 1. The molecular formula is C16H31NO2. The highest BCUT2D eigenvalue weighted by Crippen LogP contribution is 2.49. The number of nitrogens with one attached hydrogen (secondary N) is 1. The Hall–Kier alpha value is -0.120. The molecule has 2 rings (SSSR count). The highest BCUT2D eigenvalue weighted by Gasteiger charge is 2.50. The molecule has 1 N–H and O–H groups in total. The van der Waals surface area contributed by atoms with Crippen molar-refractivity contribution in [1.29, 1.82) is 0 Å². The monoisotopic (exact) mass is 269 g/mol. The van der Waals surface area contributed by atoms with Crippen molar-refractivity contribution < 1.29 is 9.47 Å². The fourth-order valence-electron chi connectivity index (χ4n) is 3.26. The van der Waals surface area contributed by atoms with E-state index in [0.29, 0.717) is 17.4 Å². The summed E-state index contributed by atoms with van der Waals surface area (Å²) in [5.74, 6) is 1.45. The lowest BCUT2D eigenvalue weighted by Gasteiger charge is -2.34. The zero-order chi connectivity index (χ0) is 13.7. The second-order valence-corrected chi connectivity index (χ2v) is 6.74. The Morgan fingerprint density at radius 2 is 2.16 bits per heavy atom. The SMILES string of the molecule is CCNCC1(CCOCC(C)C)CCOC1C1CC1. The standard InChI is InChI=1S/C16H31NO2/c1-4-17-12-16(7-9-18-11-13(2)3)8-10-19-15(16)14-5-6-14/h13-15,17H,4-12H2,1-3H3. The van der Waals surface area contributed by atoms with Gasteiger partial charge in [0.2, 0.25) is 0 Å². The molecular weight excluding hydrogens is 238 g/mol. The maximum Gasteiger partial charge on any atom is 0.0673 e. The van der Waals surface area contributed by atoms with E-state index in [-0.39, 0.29) is 0 Å². The minimum atomic E-state index is 0.328. The van der Waals surface area contributed by atoms with E-state index in [2.05, 4.69) is 26.1 Å². The molecule has 1 aliphatic carbocycles. The van der Waals surface area contributed by atoms with Crippen molar-refractivity contribution >= 4 is 0 Å². The summed E-state index contributed by atoms with van der Waals surface area (Å²) in [5.41, 5.74) is 0.328. The topological polar surface area (TPSA) is 30.5 Å². The molecule has 3 nitrogen and oxygen atoms in total. The van der Waals surface area contributed by atoms with Gasteiger partial charge in [0.1, 0.15) is 0 Å². The maximum absolute atomic E-state index is 6.07. The van der Waals surface area contributed by atoms with Gasteiger partial charge in [-0.05, 0) is 44.1 Å². The first-order valence-electron chi connectivity index (χ1n) is 8.08. The quantitative estimate of drug-likeness (QED) is 0.653. The van der Waals surface area contributed by atoms with Gasteiger partial charge >= 0.3 is 0 Å². The summed E-state index contributed by atoms with van der Waals surface area (Å²) in [5, 5.41) is 3.56. The Morgan fingerprint density at radius 1 is 1.37 bits per heavy atom. The van der Waals surface area contributed by atoms with Gasteiger partial charge in [0.05, 0.1) is 6.10 Å². The van der Waals surface area contributed by atoms with Gasteiger partial charge in [-0.15, -0.1) is 0 Å². The summed E-state index contributed by atoms with van der Waals surface area (Å²) in [6.45, 7) is 11.5. The molecule has 1 heterocycles. The predicted molar refractivity (Wildman–Crippen MR) is 78.3 cm³/mol. The van der Waals surface area contributed by atoms with Gasteiger partial charge in [0.25, 0.3) is 0 Å².